The number of hydrogen-bond acceptors (Lipinski definition) is 5. The maximum absolute atomic E-state index is 12.5. The van der Waals surface area contributed by atoms with Gasteiger partial charge in [-0.05, 0) is 30.7 Å². The minimum atomic E-state index is -0.556. The number of aromatic nitrogens is 1. The van der Waals surface area contributed by atoms with Crippen LogP contribution >= 0.6 is 0 Å². The van der Waals surface area contributed by atoms with Gasteiger partial charge in [-0.1, -0.05) is 31.9 Å². The molecule has 2 amide bonds. The normalized spacial score (nSPS) is 10.1. The lowest BCUT2D eigenvalue weighted by molar-refractivity contribution is 0.0601. The monoisotopic (exact) mass is 369 g/mol. The second-order valence-electron chi connectivity index (χ2n) is 5.88. The van der Waals surface area contributed by atoms with Crippen LogP contribution in [0.15, 0.2) is 42.6 Å². The zero-order valence-corrected chi connectivity index (χ0v) is 15.5. The third-order valence-corrected chi connectivity index (χ3v) is 3.90. The summed E-state index contributed by atoms with van der Waals surface area (Å²) in [6.45, 7) is 2.68. The van der Waals surface area contributed by atoms with Crippen LogP contribution in [-0.2, 0) is 4.74 Å². The fourth-order valence-electron chi connectivity index (χ4n) is 2.44. The Hall–Kier alpha value is -3.22. The van der Waals surface area contributed by atoms with Gasteiger partial charge in [0.1, 0.15) is 5.69 Å². The quantitative estimate of drug-likeness (QED) is 0.551. The van der Waals surface area contributed by atoms with Gasteiger partial charge in [0, 0.05) is 18.3 Å². The predicted octanol–water partition coefficient (Wildman–Crippen LogP) is 3.04. The van der Waals surface area contributed by atoms with Crippen molar-refractivity contribution in [2.45, 2.75) is 26.2 Å². The van der Waals surface area contributed by atoms with Crippen LogP contribution < -0.4 is 10.6 Å². The number of hydrogen-bond donors (Lipinski definition) is 2. The van der Waals surface area contributed by atoms with Crippen molar-refractivity contribution >= 4 is 23.5 Å². The molecule has 0 unspecified atom stereocenters. The largest absolute Gasteiger partial charge is 0.465 e. The summed E-state index contributed by atoms with van der Waals surface area (Å²) in [6, 6.07) is 9.47. The average molecular weight is 369 g/mol. The number of unbranched alkanes of at least 4 members (excludes halogenated alkanes) is 2. The van der Waals surface area contributed by atoms with Crippen molar-refractivity contribution in [3.8, 4) is 0 Å². The number of ether oxygens (including phenoxy) is 1. The zero-order chi connectivity index (χ0) is 19.6. The van der Waals surface area contributed by atoms with Crippen LogP contribution in [0, 0.1) is 0 Å². The third-order valence-electron chi connectivity index (χ3n) is 3.90. The number of rotatable bonds is 8. The van der Waals surface area contributed by atoms with Crippen molar-refractivity contribution in [3.05, 3.63) is 59.4 Å². The van der Waals surface area contributed by atoms with E-state index in [1.807, 2.05) is 0 Å². The molecule has 2 N–H and O–H groups in total. The van der Waals surface area contributed by atoms with Crippen LogP contribution in [0.25, 0.3) is 0 Å². The molecule has 0 aliphatic heterocycles. The molecule has 142 valence electrons. The summed E-state index contributed by atoms with van der Waals surface area (Å²) >= 11 is 0. The van der Waals surface area contributed by atoms with Crippen LogP contribution in [-0.4, -0.2) is 36.4 Å². The summed E-state index contributed by atoms with van der Waals surface area (Å²) in [5.41, 5.74) is 0.979. The van der Waals surface area contributed by atoms with Crippen molar-refractivity contribution in [1.29, 1.82) is 0 Å². The van der Waals surface area contributed by atoms with Crippen molar-refractivity contribution in [3.63, 3.8) is 0 Å². The summed E-state index contributed by atoms with van der Waals surface area (Å²) < 4.78 is 4.71. The second-order valence-corrected chi connectivity index (χ2v) is 5.88. The minimum absolute atomic E-state index is 0.0795. The van der Waals surface area contributed by atoms with Gasteiger partial charge >= 0.3 is 5.97 Å². The van der Waals surface area contributed by atoms with Crippen molar-refractivity contribution in [1.82, 2.24) is 10.3 Å². The van der Waals surface area contributed by atoms with Crippen LogP contribution in [0.5, 0.6) is 0 Å². The Labute approximate surface area is 158 Å². The highest BCUT2D eigenvalue weighted by molar-refractivity contribution is 6.08. The molecule has 0 radical (unpaired) electrons. The van der Waals surface area contributed by atoms with Gasteiger partial charge in [-0.25, -0.2) is 4.79 Å². The van der Waals surface area contributed by atoms with E-state index in [-0.39, 0.29) is 17.2 Å². The van der Waals surface area contributed by atoms with E-state index in [1.54, 1.807) is 30.3 Å². The first-order valence-corrected chi connectivity index (χ1v) is 8.79. The summed E-state index contributed by atoms with van der Waals surface area (Å²) in [6.07, 6.45) is 4.43. The lowest BCUT2D eigenvalue weighted by Crippen LogP contribution is -2.25. The first-order chi connectivity index (χ1) is 13.1. The van der Waals surface area contributed by atoms with E-state index >= 15 is 0 Å². The molecular weight excluding hydrogens is 346 g/mol. The van der Waals surface area contributed by atoms with Gasteiger partial charge in [0.15, 0.2) is 0 Å². The molecule has 0 aliphatic rings. The molecule has 7 nitrogen and oxygen atoms in total. The maximum Gasteiger partial charge on any atom is 0.339 e. The molecule has 7 heteroatoms. The van der Waals surface area contributed by atoms with Gasteiger partial charge in [-0.15, -0.1) is 0 Å². The smallest absolute Gasteiger partial charge is 0.339 e. The van der Waals surface area contributed by atoms with E-state index in [9.17, 15) is 14.4 Å². The molecule has 0 saturated heterocycles. The predicted molar refractivity (Wildman–Crippen MR) is 102 cm³/mol. The first-order valence-electron chi connectivity index (χ1n) is 8.79. The molecule has 1 heterocycles. The van der Waals surface area contributed by atoms with Gasteiger partial charge in [-0.2, -0.15) is 0 Å². The molecular formula is C20H23N3O4. The zero-order valence-electron chi connectivity index (χ0n) is 15.5. The van der Waals surface area contributed by atoms with Gasteiger partial charge in [-0.3, -0.25) is 14.6 Å². The highest BCUT2D eigenvalue weighted by Crippen LogP contribution is 2.17. The SMILES string of the molecule is CCCCCNC(=O)c1ccnc(C(=O)Nc2ccccc2C(=O)OC)c1. The van der Waals surface area contributed by atoms with Gasteiger partial charge in [0.05, 0.1) is 18.4 Å². The number of pyridine rings is 1. The molecule has 0 fully saturated rings. The van der Waals surface area contributed by atoms with Crippen LogP contribution in [0.1, 0.15) is 57.4 Å². The van der Waals surface area contributed by atoms with E-state index in [4.69, 9.17) is 4.74 Å². The first kappa shape index (κ1) is 20.1. The number of benzene rings is 1. The number of methoxy groups -OCH3 is 1. The highest BCUT2D eigenvalue weighted by Gasteiger charge is 2.16. The molecule has 0 bridgehead atoms. The molecule has 2 rings (SSSR count). The molecule has 1 aromatic carbocycles. The number of carbonyl (C=O) groups is 3. The number of nitrogens with one attached hydrogen (secondary N) is 2. The number of carbonyl (C=O) groups excluding carboxylic acids is 3. The summed E-state index contributed by atoms with van der Waals surface area (Å²) in [4.78, 5) is 40.5. The number of nitrogens with zero attached hydrogens (tertiary/aromatic N) is 1. The molecule has 1 aromatic heterocycles. The molecule has 0 saturated carbocycles. The van der Waals surface area contributed by atoms with Crippen LogP contribution in [0.4, 0.5) is 5.69 Å². The highest BCUT2D eigenvalue weighted by atomic mass is 16.5. The minimum Gasteiger partial charge on any atom is -0.465 e. The number of esters is 1. The van der Waals surface area contributed by atoms with Gasteiger partial charge < -0.3 is 15.4 Å². The van der Waals surface area contributed by atoms with Crippen LogP contribution in [0.2, 0.25) is 0 Å². The van der Waals surface area contributed by atoms with Crippen LogP contribution in [0.3, 0.4) is 0 Å². The van der Waals surface area contributed by atoms with Crippen molar-refractivity contribution in [2.24, 2.45) is 0 Å². The Morgan fingerprint density at radius 2 is 1.85 bits per heavy atom. The molecule has 2 aromatic rings. The summed E-state index contributed by atoms with van der Waals surface area (Å²) in [5, 5.41) is 5.46. The molecule has 0 aliphatic carbocycles. The van der Waals surface area contributed by atoms with E-state index in [2.05, 4.69) is 22.5 Å². The number of amides is 2. The Morgan fingerprint density at radius 1 is 1.07 bits per heavy atom. The second kappa shape index (κ2) is 10.1. The Bertz CT molecular complexity index is 820. The average Bonchev–Trinajstić information content (AvgIpc) is 2.71. The standard InChI is InChI=1S/C20H23N3O4/c1-3-4-7-11-22-18(24)14-10-12-21-17(13-14)19(25)23-16-9-6-5-8-15(16)20(26)27-2/h5-6,8-10,12-13H,3-4,7,11H2,1-2H3,(H,22,24)(H,23,25). The molecule has 0 atom stereocenters. The topological polar surface area (TPSA) is 97.4 Å². The third kappa shape index (κ3) is 5.64. The van der Waals surface area contributed by atoms with E-state index in [1.165, 1.54) is 19.4 Å². The molecule has 0 spiro atoms. The van der Waals surface area contributed by atoms with Crippen molar-refractivity contribution < 1.29 is 19.1 Å². The molecule has 27 heavy (non-hydrogen) atoms. The summed E-state index contributed by atoms with van der Waals surface area (Å²) in [5.74, 6) is -1.33. The maximum atomic E-state index is 12.5. The fraction of sp³-hybridized carbons (Fsp3) is 0.300. The lowest BCUT2D eigenvalue weighted by atomic mass is 10.1. The Balaban J connectivity index is 2.10. The van der Waals surface area contributed by atoms with E-state index < -0.39 is 11.9 Å². The van der Waals surface area contributed by atoms with E-state index in [0.29, 0.717) is 17.8 Å². The van der Waals surface area contributed by atoms with Crippen molar-refractivity contribution in [2.75, 3.05) is 19.0 Å². The number of para-hydroxylation sites is 1. The number of anilines is 1. The lowest BCUT2D eigenvalue weighted by Gasteiger charge is -2.10. The van der Waals surface area contributed by atoms with Gasteiger partial charge in [0.2, 0.25) is 0 Å². The summed E-state index contributed by atoms with van der Waals surface area (Å²) in [7, 11) is 1.27. The Morgan fingerprint density at radius 3 is 2.59 bits per heavy atom. The Kier molecular flexibility index (Phi) is 7.49. The van der Waals surface area contributed by atoms with Gasteiger partial charge in [0.25, 0.3) is 11.8 Å². The fourth-order valence-corrected chi connectivity index (χ4v) is 2.44. The van der Waals surface area contributed by atoms with E-state index in [0.717, 1.165) is 19.3 Å².